The number of nitrogens with zero attached hydrogens (tertiary/aromatic N) is 1. The number of carbonyl (C=O) groups is 1. The maximum Gasteiger partial charge on any atom is 0.414 e. The summed E-state index contributed by atoms with van der Waals surface area (Å²) in [5, 5.41) is 0. The van der Waals surface area contributed by atoms with Crippen LogP contribution in [0.2, 0.25) is 0 Å². The molecule has 0 spiro atoms. The molecule has 1 aliphatic heterocycles. The van der Waals surface area contributed by atoms with Gasteiger partial charge in [0.1, 0.15) is 5.60 Å². The van der Waals surface area contributed by atoms with Crippen LogP contribution in [0.4, 0.5) is 10.5 Å². The van der Waals surface area contributed by atoms with Crippen molar-refractivity contribution < 1.29 is 9.53 Å². The molecule has 0 aromatic heterocycles. The summed E-state index contributed by atoms with van der Waals surface area (Å²) in [6.45, 7) is 7.11. The van der Waals surface area contributed by atoms with Crippen molar-refractivity contribution in [3.8, 4) is 0 Å². The van der Waals surface area contributed by atoms with Gasteiger partial charge in [-0.1, -0.05) is 18.2 Å². The van der Waals surface area contributed by atoms with Crippen LogP contribution in [0.1, 0.15) is 44.7 Å². The predicted molar refractivity (Wildman–Crippen MR) is 85.7 cm³/mol. The molecule has 1 aliphatic rings. The van der Waals surface area contributed by atoms with Crippen LogP contribution in [0.15, 0.2) is 18.2 Å². The first-order valence-electron chi connectivity index (χ1n) is 7.74. The van der Waals surface area contributed by atoms with E-state index in [1.807, 2.05) is 20.8 Å². The maximum absolute atomic E-state index is 12.4. The van der Waals surface area contributed by atoms with Crippen molar-refractivity contribution in [3.05, 3.63) is 29.3 Å². The first-order valence-corrected chi connectivity index (χ1v) is 7.74. The standard InChI is InChI=1S/C17H26N2O2/c1-17(2,3)21-16(20)19-12-10-14-9-6-8-13(15(14)19)7-4-5-11-18/h6,8-9H,4-5,7,10-12,18H2,1-3H3. The summed E-state index contributed by atoms with van der Waals surface area (Å²) in [6.07, 6.45) is 3.68. The molecule has 0 saturated carbocycles. The Labute approximate surface area is 127 Å². The van der Waals surface area contributed by atoms with E-state index in [1.165, 1.54) is 11.1 Å². The van der Waals surface area contributed by atoms with Gasteiger partial charge >= 0.3 is 6.09 Å². The number of ether oxygens (including phenoxy) is 1. The van der Waals surface area contributed by atoms with E-state index in [-0.39, 0.29) is 6.09 Å². The van der Waals surface area contributed by atoms with E-state index in [1.54, 1.807) is 4.90 Å². The molecule has 4 heteroatoms. The summed E-state index contributed by atoms with van der Waals surface area (Å²) < 4.78 is 5.53. The third-order valence-electron chi connectivity index (χ3n) is 3.59. The molecule has 4 nitrogen and oxygen atoms in total. The molecule has 2 N–H and O–H groups in total. The zero-order valence-electron chi connectivity index (χ0n) is 13.3. The molecule has 1 aromatic carbocycles. The molecule has 0 fully saturated rings. The van der Waals surface area contributed by atoms with Crippen LogP contribution in [0.5, 0.6) is 0 Å². The Hall–Kier alpha value is -1.55. The third kappa shape index (κ3) is 3.97. The number of amides is 1. The molecule has 1 heterocycles. The van der Waals surface area contributed by atoms with E-state index in [9.17, 15) is 4.79 Å². The van der Waals surface area contributed by atoms with Gasteiger partial charge in [0.25, 0.3) is 0 Å². The zero-order valence-corrected chi connectivity index (χ0v) is 13.3. The first kappa shape index (κ1) is 15.8. The Morgan fingerprint density at radius 3 is 2.76 bits per heavy atom. The molecular weight excluding hydrogens is 264 g/mol. The number of anilines is 1. The van der Waals surface area contributed by atoms with Crippen LogP contribution in [0.25, 0.3) is 0 Å². The van der Waals surface area contributed by atoms with E-state index in [0.717, 1.165) is 31.4 Å². The minimum Gasteiger partial charge on any atom is -0.443 e. The van der Waals surface area contributed by atoms with Crippen molar-refractivity contribution in [3.63, 3.8) is 0 Å². The molecule has 0 radical (unpaired) electrons. The number of hydrogen-bond acceptors (Lipinski definition) is 3. The molecule has 1 amide bonds. The fourth-order valence-electron chi connectivity index (χ4n) is 2.70. The van der Waals surface area contributed by atoms with Gasteiger partial charge in [-0.2, -0.15) is 0 Å². The van der Waals surface area contributed by atoms with Gasteiger partial charge in [0, 0.05) is 6.54 Å². The Balaban J connectivity index is 2.19. The average molecular weight is 290 g/mol. The van der Waals surface area contributed by atoms with Gasteiger partial charge in [-0.3, -0.25) is 4.90 Å². The molecule has 0 aliphatic carbocycles. The Morgan fingerprint density at radius 1 is 1.33 bits per heavy atom. The van der Waals surface area contributed by atoms with Crippen molar-refractivity contribution in [2.24, 2.45) is 5.73 Å². The Bertz CT molecular complexity index is 506. The second kappa shape index (κ2) is 6.48. The molecule has 116 valence electrons. The molecule has 1 aromatic rings. The van der Waals surface area contributed by atoms with Gasteiger partial charge in [0.15, 0.2) is 0 Å². The smallest absolute Gasteiger partial charge is 0.414 e. The lowest BCUT2D eigenvalue weighted by Gasteiger charge is -2.26. The van der Waals surface area contributed by atoms with E-state index in [4.69, 9.17) is 10.5 Å². The van der Waals surface area contributed by atoms with Gasteiger partial charge in [0.2, 0.25) is 0 Å². The number of nitrogens with two attached hydrogens (primary N) is 1. The highest BCUT2D eigenvalue weighted by atomic mass is 16.6. The van der Waals surface area contributed by atoms with Gasteiger partial charge < -0.3 is 10.5 Å². The van der Waals surface area contributed by atoms with Crippen molar-refractivity contribution in [1.29, 1.82) is 0 Å². The van der Waals surface area contributed by atoms with Crippen LogP contribution in [-0.4, -0.2) is 24.8 Å². The molecular formula is C17H26N2O2. The zero-order chi connectivity index (χ0) is 15.5. The number of unbranched alkanes of at least 4 members (excludes halogenated alkanes) is 1. The highest BCUT2D eigenvalue weighted by Crippen LogP contribution is 2.33. The molecule has 0 bridgehead atoms. The highest BCUT2D eigenvalue weighted by molar-refractivity contribution is 5.91. The second-order valence-corrected chi connectivity index (χ2v) is 6.55. The van der Waals surface area contributed by atoms with Gasteiger partial charge in [-0.25, -0.2) is 4.79 Å². The van der Waals surface area contributed by atoms with E-state index in [0.29, 0.717) is 13.1 Å². The number of para-hydroxylation sites is 1. The van der Waals surface area contributed by atoms with Crippen LogP contribution in [0.3, 0.4) is 0 Å². The van der Waals surface area contributed by atoms with Gasteiger partial charge in [-0.15, -0.1) is 0 Å². The van der Waals surface area contributed by atoms with Crippen molar-refractivity contribution >= 4 is 11.8 Å². The molecule has 0 saturated heterocycles. The van der Waals surface area contributed by atoms with Crippen LogP contribution >= 0.6 is 0 Å². The molecule has 0 atom stereocenters. The highest BCUT2D eigenvalue weighted by Gasteiger charge is 2.30. The minimum absolute atomic E-state index is 0.243. The number of fused-ring (bicyclic) bond motifs is 1. The normalized spacial score (nSPS) is 14.2. The number of carbonyl (C=O) groups excluding carboxylic acids is 1. The number of hydrogen-bond donors (Lipinski definition) is 1. The van der Waals surface area contributed by atoms with Crippen LogP contribution < -0.4 is 10.6 Å². The van der Waals surface area contributed by atoms with Crippen molar-refractivity contribution in [1.82, 2.24) is 0 Å². The maximum atomic E-state index is 12.4. The van der Waals surface area contributed by atoms with E-state index in [2.05, 4.69) is 18.2 Å². The van der Waals surface area contributed by atoms with Crippen molar-refractivity contribution in [2.45, 2.75) is 52.1 Å². The third-order valence-corrected chi connectivity index (χ3v) is 3.59. The first-order chi connectivity index (χ1) is 9.92. The number of rotatable bonds is 4. The SMILES string of the molecule is CC(C)(C)OC(=O)N1CCc2cccc(CCCCN)c21. The largest absolute Gasteiger partial charge is 0.443 e. The van der Waals surface area contributed by atoms with Crippen molar-refractivity contribution in [2.75, 3.05) is 18.0 Å². The average Bonchev–Trinajstić information content (AvgIpc) is 2.82. The molecule has 21 heavy (non-hydrogen) atoms. The summed E-state index contributed by atoms with van der Waals surface area (Å²) in [5.41, 5.74) is 8.63. The minimum atomic E-state index is -0.464. The van der Waals surface area contributed by atoms with Gasteiger partial charge in [-0.05, 0) is 64.1 Å². The van der Waals surface area contributed by atoms with Crippen LogP contribution in [-0.2, 0) is 17.6 Å². The summed E-state index contributed by atoms with van der Waals surface area (Å²) >= 11 is 0. The number of benzene rings is 1. The molecule has 2 rings (SSSR count). The lowest BCUT2D eigenvalue weighted by atomic mass is 10.0. The predicted octanol–water partition coefficient (Wildman–Crippen LogP) is 3.27. The van der Waals surface area contributed by atoms with Gasteiger partial charge in [0.05, 0.1) is 5.69 Å². The Kier molecular flexibility index (Phi) is 4.88. The number of aryl methyl sites for hydroxylation is 1. The Morgan fingerprint density at radius 2 is 2.10 bits per heavy atom. The topological polar surface area (TPSA) is 55.6 Å². The van der Waals surface area contributed by atoms with E-state index >= 15 is 0 Å². The summed E-state index contributed by atoms with van der Waals surface area (Å²) in [7, 11) is 0. The quantitative estimate of drug-likeness (QED) is 0.866. The van der Waals surface area contributed by atoms with E-state index < -0.39 is 5.60 Å². The fraction of sp³-hybridized carbons (Fsp3) is 0.588. The summed E-state index contributed by atoms with van der Waals surface area (Å²) in [4.78, 5) is 14.2. The summed E-state index contributed by atoms with van der Waals surface area (Å²) in [5.74, 6) is 0. The second-order valence-electron chi connectivity index (χ2n) is 6.55. The van der Waals surface area contributed by atoms with Crippen LogP contribution in [0, 0.1) is 0 Å². The molecule has 0 unspecified atom stereocenters. The lowest BCUT2D eigenvalue weighted by Crippen LogP contribution is -2.36. The fourth-order valence-corrected chi connectivity index (χ4v) is 2.70. The lowest BCUT2D eigenvalue weighted by molar-refractivity contribution is 0.0583. The summed E-state index contributed by atoms with van der Waals surface area (Å²) in [6, 6.07) is 6.29. The monoisotopic (exact) mass is 290 g/mol.